The molecule has 0 fully saturated rings. The second-order valence-electron chi connectivity index (χ2n) is 5.49. The van der Waals surface area contributed by atoms with Gasteiger partial charge in [-0.2, -0.15) is 0 Å². The molecule has 0 atom stereocenters. The summed E-state index contributed by atoms with van der Waals surface area (Å²) in [7, 11) is 0. The summed E-state index contributed by atoms with van der Waals surface area (Å²) in [6, 6.07) is 6.20. The van der Waals surface area contributed by atoms with Gasteiger partial charge in [-0.05, 0) is 26.3 Å². The highest BCUT2D eigenvalue weighted by Gasteiger charge is 2.16. The van der Waals surface area contributed by atoms with Crippen LogP contribution in [-0.2, 0) is 4.79 Å². The van der Waals surface area contributed by atoms with Gasteiger partial charge in [-0.25, -0.2) is 4.98 Å². The molecule has 0 bridgehead atoms. The molecule has 0 aliphatic heterocycles. The van der Waals surface area contributed by atoms with Gasteiger partial charge in [0.2, 0.25) is 5.91 Å². The van der Waals surface area contributed by atoms with Crippen molar-refractivity contribution in [1.82, 2.24) is 15.6 Å². The van der Waals surface area contributed by atoms with Crippen LogP contribution in [0.15, 0.2) is 18.2 Å². The average molecular weight is 331 g/mol. The number of hydrogen-bond donors (Lipinski definition) is 2. The number of rotatable bonds is 5. The average Bonchev–Trinajstić information content (AvgIpc) is 2.85. The van der Waals surface area contributed by atoms with Crippen LogP contribution < -0.4 is 10.6 Å². The van der Waals surface area contributed by atoms with Crippen LogP contribution in [0.1, 0.15) is 33.4 Å². The molecule has 0 aliphatic carbocycles. The Morgan fingerprint density at radius 1 is 1.13 bits per heavy atom. The molecule has 23 heavy (non-hydrogen) atoms. The lowest BCUT2D eigenvalue weighted by atomic mass is 10.1. The molecule has 2 rings (SSSR count). The number of hydrogen-bond acceptors (Lipinski definition) is 4. The first-order valence-electron chi connectivity index (χ1n) is 7.46. The predicted molar refractivity (Wildman–Crippen MR) is 92.8 cm³/mol. The summed E-state index contributed by atoms with van der Waals surface area (Å²) in [6.45, 7) is 8.21. The third kappa shape index (κ3) is 4.39. The Balaban J connectivity index is 2.11. The molecule has 0 aliphatic rings. The summed E-state index contributed by atoms with van der Waals surface area (Å²) in [6.07, 6.45) is 0. The van der Waals surface area contributed by atoms with Crippen LogP contribution in [0.5, 0.6) is 0 Å². The van der Waals surface area contributed by atoms with Crippen LogP contribution in [0.4, 0.5) is 0 Å². The van der Waals surface area contributed by atoms with Gasteiger partial charge in [0.1, 0.15) is 9.88 Å². The first kappa shape index (κ1) is 17.1. The fraction of sp³-hybridized carbons (Fsp3) is 0.353. The second kappa shape index (κ2) is 7.37. The van der Waals surface area contributed by atoms with Gasteiger partial charge in [0, 0.05) is 25.6 Å². The lowest BCUT2D eigenvalue weighted by Crippen LogP contribution is -2.33. The molecule has 122 valence electrons. The Bertz CT molecular complexity index is 737. The Labute approximate surface area is 140 Å². The molecule has 0 saturated carbocycles. The number of amides is 2. The van der Waals surface area contributed by atoms with Gasteiger partial charge in [0.25, 0.3) is 5.91 Å². The van der Waals surface area contributed by atoms with Crippen LogP contribution >= 0.6 is 11.3 Å². The zero-order valence-electron chi connectivity index (χ0n) is 13.8. The van der Waals surface area contributed by atoms with Gasteiger partial charge < -0.3 is 10.6 Å². The van der Waals surface area contributed by atoms with Gasteiger partial charge in [-0.1, -0.05) is 23.8 Å². The van der Waals surface area contributed by atoms with Crippen LogP contribution in [0.2, 0.25) is 0 Å². The first-order chi connectivity index (χ1) is 10.9. The molecule has 1 aromatic heterocycles. The Kier molecular flexibility index (Phi) is 5.50. The highest BCUT2D eigenvalue weighted by Crippen LogP contribution is 2.30. The van der Waals surface area contributed by atoms with E-state index >= 15 is 0 Å². The maximum atomic E-state index is 12.2. The molecule has 0 spiro atoms. The number of aryl methyl sites for hydroxylation is 3. The Morgan fingerprint density at radius 3 is 2.48 bits per heavy atom. The van der Waals surface area contributed by atoms with E-state index < -0.39 is 0 Å². The minimum absolute atomic E-state index is 0.106. The Morgan fingerprint density at radius 2 is 1.83 bits per heavy atom. The molecular weight excluding hydrogens is 310 g/mol. The fourth-order valence-corrected chi connectivity index (χ4v) is 3.34. The van der Waals surface area contributed by atoms with Gasteiger partial charge in [0.15, 0.2) is 0 Å². The molecule has 1 aromatic carbocycles. The zero-order valence-corrected chi connectivity index (χ0v) is 14.6. The quantitative estimate of drug-likeness (QED) is 0.827. The van der Waals surface area contributed by atoms with Crippen molar-refractivity contribution in [2.45, 2.75) is 27.7 Å². The number of carbonyl (C=O) groups is 2. The molecule has 6 heteroatoms. The molecule has 5 nitrogen and oxygen atoms in total. The van der Waals surface area contributed by atoms with Crippen molar-refractivity contribution in [3.05, 3.63) is 39.9 Å². The zero-order chi connectivity index (χ0) is 17.0. The number of thiazole rings is 1. The molecule has 0 saturated heterocycles. The van der Waals surface area contributed by atoms with Gasteiger partial charge in [-0.3, -0.25) is 9.59 Å². The number of aromatic nitrogens is 1. The minimum atomic E-state index is -0.152. The van der Waals surface area contributed by atoms with E-state index in [0.717, 1.165) is 21.8 Å². The maximum Gasteiger partial charge on any atom is 0.263 e. The molecule has 1 heterocycles. The molecular formula is C17H21N3O2S. The lowest BCUT2D eigenvalue weighted by Gasteiger charge is -2.04. The van der Waals surface area contributed by atoms with Crippen LogP contribution in [-0.4, -0.2) is 29.9 Å². The van der Waals surface area contributed by atoms with E-state index in [2.05, 4.69) is 28.6 Å². The van der Waals surface area contributed by atoms with Gasteiger partial charge in [-0.15, -0.1) is 11.3 Å². The fourth-order valence-electron chi connectivity index (χ4n) is 2.27. The van der Waals surface area contributed by atoms with Crippen molar-refractivity contribution in [1.29, 1.82) is 0 Å². The number of nitrogens with one attached hydrogen (secondary N) is 2. The SMILES string of the molecule is CC(=O)NCCNC(=O)c1sc(-c2ccc(C)cc2C)nc1C. The van der Waals surface area contributed by atoms with E-state index in [9.17, 15) is 9.59 Å². The number of benzene rings is 1. The summed E-state index contributed by atoms with van der Waals surface area (Å²) in [5, 5.41) is 6.30. The van der Waals surface area contributed by atoms with Gasteiger partial charge in [0.05, 0.1) is 5.69 Å². The van der Waals surface area contributed by atoms with Crippen molar-refractivity contribution in [3.8, 4) is 10.6 Å². The smallest absolute Gasteiger partial charge is 0.263 e. The van der Waals surface area contributed by atoms with Crippen molar-refractivity contribution in [2.75, 3.05) is 13.1 Å². The normalized spacial score (nSPS) is 10.4. The van der Waals surface area contributed by atoms with Crippen molar-refractivity contribution >= 4 is 23.2 Å². The van der Waals surface area contributed by atoms with Crippen molar-refractivity contribution in [2.24, 2.45) is 0 Å². The van der Waals surface area contributed by atoms with Crippen molar-refractivity contribution < 1.29 is 9.59 Å². The van der Waals surface area contributed by atoms with Crippen LogP contribution in [0.3, 0.4) is 0 Å². The summed E-state index contributed by atoms with van der Waals surface area (Å²) in [4.78, 5) is 28.2. The van der Waals surface area contributed by atoms with Gasteiger partial charge >= 0.3 is 0 Å². The highest BCUT2D eigenvalue weighted by molar-refractivity contribution is 7.17. The van der Waals surface area contributed by atoms with E-state index in [1.807, 2.05) is 26.0 Å². The number of nitrogens with zero attached hydrogens (tertiary/aromatic N) is 1. The third-order valence-corrected chi connectivity index (χ3v) is 4.59. The lowest BCUT2D eigenvalue weighted by molar-refractivity contribution is -0.118. The molecule has 2 aromatic rings. The van der Waals surface area contributed by atoms with E-state index in [1.54, 1.807) is 0 Å². The topological polar surface area (TPSA) is 71.1 Å². The maximum absolute atomic E-state index is 12.2. The molecule has 0 unspecified atom stereocenters. The van der Waals surface area contributed by atoms with E-state index in [1.165, 1.54) is 23.8 Å². The van der Waals surface area contributed by atoms with Crippen molar-refractivity contribution in [3.63, 3.8) is 0 Å². The molecule has 2 amide bonds. The van der Waals surface area contributed by atoms with E-state index in [-0.39, 0.29) is 11.8 Å². The van der Waals surface area contributed by atoms with Crippen LogP contribution in [0, 0.1) is 20.8 Å². The minimum Gasteiger partial charge on any atom is -0.355 e. The largest absolute Gasteiger partial charge is 0.355 e. The van der Waals surface area contributed by atoms with E-state index in [0.29, 0.717) is 18.0 Å². The highest BCUT2D eigenvalue weighted by atomic mass is 32.1. The second-order valence-corrected chi connectivity index (χ2v) is 6.49. The van der Waals surface area contributed by atoms with Crippen LogP contribution in [0.25, 0.3) is 10.6 Å². The third-order valence-electron chi connectivity index (χ3n) is 3.40. The Hall–Kier alpha value is -2.21. The summed E-state index contributed by atoms with van der Waals surface area (Å²) < 4.78 is 0. The first-order valence-corrected chi connectivity index (χ1v) is 8.28. The molecule has 2 N–H and O–H groups in total. The monoisotopic (exact) mass is 331 g/mol. The number of carbonyl (C=O) groups excluding carboxylic acids is 2. The molecule has 0 radical (unpaired) electrons. The van der Waals surface area contributed by atoms with E-state index in [4.69, 9.17) is 0 Å². The predicted octanol–water partition coefficient (Wildman–Crippen LogP) is 2.60. The standard InChI is InChI=1S/C17H21N3O2S/c1-10-5-6-14(11(2)9-10)17-20-12(3)15(23-17)16(22)19-8-7-18-13(4)21/h5-6,9H,7-8H2,1-4H3,(H,18,21)(H,19,22). The summed E-state index contributed by atoms with van der Waals surface area (Å²) >= 11 is 1.39. The summed E-state index contributed by atoms with van der Waals surface area (Å²) in [5.74, 6) is -0.258. The summed E-state index contributed by atoms with van der Waals surface area (Å²) in [5.41, 5.74) is 4.13.